The monoisotopic (exact) mass is 662 g/mol. The highest BCUT2D eigenvalue weighted by Gasteiger charge is 2.51. The molecule has 1 aliphatic carbocycles. The molecule has 8 rings (SSSR count). The lowest BCUT2D eigenvalue weighted by atomic mass is 9.80. The van der Waals surface area contributed by atoms with Crippen molar-refractivity contribution in [2.75, 3.05) is 6.61 Å². The third kappa shape index (κ3) is 6.63. The predicted molar refractivity (Wildman–Crippen MR) is 192 cm³/mol. The molecule has 6 aromatic rings. The van der Waals surface area contributed by atoms with E-state index in [9.17, 15) is 5.11 Å². The highest BCUT2D eigenvalue weighted by molar-refractivity contribution is 5.64. The number of fused-ring (bicyclic) bond motifs is 5. The molecule has 0 saturated carbocycles. The topological polar surface area (TPSA) is 66.4 Å². The maximum absolute atomic E-state index is 12.2. The number of hydrogen-bond acceptors (Lipinski definition) is 6. The zero-order valence-corrected chi connectivity index (χ0v) is 27.7. The van der Waals surface area contributed by atoms with E-state index in [-0.39, 0.29) is 12.5 Å². The molecule has 6 aromatic carbocycles. The third-order valence-electron chi connectivity index (χ3n) is 9.37. The van der Waals surface area contributed by atoms with Crippen LogP contribution in [0.3, 0.4) is 0 Å². The number of ether oxygens (including phenoxy) is 5. The Morgan fingerprint density at radius 1 is 0.520 bits per heavy atom. The lowest BCUT2D eigenvalue weighted by Crippen LogP contribution is -2.44. The van der Waals surface area contributed by atoms with Crippen molar-refractivity contribution in [1.82, 2.24) is 0 Å². The first-order valence-corrected chi connectivity index (χ1v) is 17.0. The molecule has 2 aliphatic rings. The minimum absolute atomic E-state index is 0.101. The van der Waals surface area contributed by atoms with Crippen LogP contribution >= 0.6 is 0 Å². The second kappa shape index (κ2) is 14.0. The molecule has 2 atom stereocenters. The van der Waals surface area contributed by atoms with Crippen molar-refractivity contribution < 1.29 is 28.8 Å². The van der Waals surface area contributed by atoms with Crippen LogP contribution in [0.2, 0.25) is 0 Å². The van der Waals surface area contributed by atoms with Gasteiger partial charge in [0.2, 0.25) is 5.75 Å². The van der Waals surface area contributed by atoms with Crippen molar-refractivity contribution in [3.8, 4) is 28.7 Å². The lowest BCUT2D eigenvalue weighted by Gasteiger charge is -2.37. The highest BCUT2D eigenvalue weighted by Crippen LogP contribution is 2.56. The summed E-state index contributed by atoms with van der Waals surface area (Å²) in [7, 11) is 0. The number of rotatable bonds is 12. The Morgan fingerprint density at radius 2 is 0.980 bits per heavy atom. The summed E-state index contributed by atoms with van der Waals surface area (Å²) in [6.45, 7) is 1.60. The molecule has 250 valence electrons. The van der Waals surface area contributed by atoms with Gasteiger partial charge in [0.1, 0.15) is 38.6 Å². The first-order valence-electron chi connectivity index (χ1n) is 17.0. The summed E-state index contributed by atoms with van der Waals surface area (Å²) in [6.07, 6.45) is 0.416. The summed E-state index contributed by atoms with van der Waals surface area (Å²) >= 11 is 0. The molecule has 1 heterocycles. The van der Waals surface area contributed by atoms with E-state index in [4.69, 9.17) is 23.7 Å². The van der Waals surface area contributed by atoms with E-state index >= 15 is 0 Å². The Bertz CT molecular complexity index is 2050. The van der Waals surface area contributed by atoms with E-state index in [1.165, 1.54) is 0 Å². The van der Waals surface area contributed by atoms with Gasteiger partial charge in [-0.1, -0.05) is 127 Å². The molecular formula is C44H38O6. The third-order valence-corrected chi connectivity index (χ3v) is 9.37. The fourth-order valence-corrected chi connectivity index (χ4v) is 6.90. The second-order valence-electron chi connectivity index (χ2n) is 12.9. The van der Waals surface area contributed by atoms with Gasteiger partial charge in [0.15, 0.2) is 23.0 Å². The van der Waals surface area contributed by atoms with Crippen molar-refractivity contribution in [3.63, 3.8) is 0 Å². The predicted octanol–water partition coefficient (Wildman–Crippen LogP) is 8.81. The molecule has 0 amide bonds. The van der Waals surface area contributed by atoms with Crippen LogP contribution in [0.25, 0.3) is 0 Å². The molecule has 0 radical (unpaired) electrons. The summed E-state index contributed by atoms with van der Waals surface area (Å²) in [5.74, 6) is 2.61. The van der Waals surface area contributed by atoms with Crippen molar-refractivity contribution >= 4 is 0 Å². The fraction of sp³-hybridized carbons (Fsp3) is 0.182. The van der Waals surface area contributed by atoms with Crippen LogP contribution in [0.15, 0.2) is 146 Å². The molecule has 6 heteroatoms. The Hall–Kier alpha value is -5.72. The van der Waals surface area contributed by atoms with Crippen molar-refractivity contribution in [1.29, 1.82) is 0 Å². The standard InChI is InChI=1S/C44H38O6/c45-44-25-35-23-39(47-27-32-15-7-2-8-16-32)40(48-28-33-17-9-3-10-18-33)24-37(35)41(44)36-21-22-38(46-26-31-13-5-1-6-14-31)43(42(36)50-30-44)49-29-34-19-11-4-12-20-34/h1-24,41,45H,25-30H2/t41-,44+/m0/s1. The van der Waals surface area contributed by atoms with E-state index in [2.05, 4.69) is 0 Å². The van der Waals surface area contributed by atoms with Gasteiger partial charge in [-0.3, -0.25) is 0 Å². The molecule has 0 bridgehead atoms. The van der Waals surface area contributed by atoms with Crippen LogP contribution in [-0.4, -0.2) is 17.3 Å². The van der Waals surface area contributed by atoms with Gasteiger partial charge in [-0.05, 0) is 51.6 Å². The van der Waals surface area contributed by atoms with Crippen LogP contribution in [0.1, 0.15) is 44.9 Å². The number of aliphatic hydroxyl groups is 1. The lowest BCUT2D eigenvalue weighted by molar-refractivity contribution is -0.0232. The summed E-state index contributed by atoms with van der Waals surface area (Å²) < 4.78 is 32.1. The zero-order valence-electron chi connectivity index (χ0n) is 27.7. The molecule has 0 aromatic heterocycles. The van der Waals surface area contributed by atoms with Gasteiger partial charge >= 0.3 is 0 Å². The molecule has 0 fully saturated rings. The van der Waals surface area contributed by atoms with Crippen LogP contribution in [0.5, 0.6) is 28.7 Å². The van der Waals surface area contributed by atoms with Gasteiger partial charge in [0, 0.05) is 17.9 Å². The Kier molecular flexibility index (Phi) is 8.85. The first kappa shape index (κ1) is 31.5. The van der Waals surface area contributed by atoms with Crippen LogP contribution in [-0.2, 0) is 32.8 Å². The van der Waals surface area contributed by atoms with E-state index in [0.717, 1.165) is 38.9 Å². The molecule has 0 saturated heterocycles. The van der Waals surface area contributed by atoms with Gasteiger partial charge < -0.3 is 28.8 Å². The molecule has 0 unspecified atom stereocenters. The smallest absolute Gasteiger partial charge is 0.204 e. The summed E-state index contributed by atoms with van der Waals surface area (Å²) in [4.78, 5) is 0. The SMILES string of the molecule is O[C@]12COc3c(ccc(OCc4ccccc4)c3OCc3ccccc3)[C@H]1c1cc(OCc3ccccc3)c(OCc3ccccc3)cc1C2. The van der Waals surface area contributed by atoms with Crippen LogP contribution in [0, 0.1) is 0 Å². The first-order chi connectivity index (χ1) is 24.6. The summed E-state index contributed by atoms with van der Waals surface area (Å²) in [6, 6.07) is 48.2. The molecule has 1 aliphatic heterocycles. The zero-order chi connectivity index (χ0) is 33.8. The average Bonchev–Trinajstić information content (AvgIpc) is 3.47. The summed E-state index contributed by atoms with van der Waals surface area (Å²) in [5.41, 5.74) is 5.86. The molecule has 0 spiro atoms. The Labute approximate surface area is 292 Å². The van der Waals surface area contributed by atoms with E-state index in [0.29, 0.717) is 61.6 Å². The van der Waals surface area contributed by atoms with E-state index in [1.807, 2.05) is 146 Å². The van der Waals surface area contributed by atoms with Crippen molar-refractivity contribution in [2.45, 2.75) is 44.4 Å². The van der Waals surface area contributed by atoms with Gasteiger partial charge in [-0.2, -0.15) is 0 Å². The fourth-order valence-electron chi connectivity index (χ4n) is 6.90. The Balaban J connectivity index is 1.16. The van der Waals surface area contributed by atoms with Crippen molar-refractivity contribution in [2.24, 2.45) is 0 Å². The Morgan fingerprint density at radius 3 is 1.50 bits per heavy atom. The van der Waals surface area contributed by atoms with Crippen LogP contribution in [0.4, 0.5) is 0 Å². The van der Waals surface area contributed by atoms with Gasteiger partial charge in [-0.15, -0.1) is 0 Å². The second-order valence-corrected chi connectivity index (χ2v) is 12.9. The molecule has 1 N–H and O–H groups in total. The minimum Gasteiger partial charge on any atom is -0.486 e. The number of hydrogen-bond donors (Lipinski definition) is 1. The van der Waals surface area contributed by atoms with E-state index in [1.54, 1.807) is 0 Å². The van der Waals surface area contributed by atoms with Gasteiger partial charge in [0.25, 0.3) is 0 Å². The minimum atomic E-state index is -1.16. The largest absolute Gasteiger partial charge is 0.486 e. The molecule has 6 nitrogen and oxygen atoms in total. The molecular weight excluding hydrogens is 624 g/mol. The van der Waals surface area contributed by atoms with Crippen LogP contribution < -0.4 is 23.7 Å². The maximum Gasteiger partial charge on any atom is 0.204 e. The quantitative estimate of drug-likeness (QED) is 0.141. The highest BCUT2D eigenvalue weighted by atomic mass is 16.5. The van der Waals surface area contributed by atoms with Crippen molar-refractivity contribution in [3.05, 3.63) is 185 Å². The number of benzene rings is 6. The summed E-state index contributed by atoms with van der Waals surface area (Å²) in [5, 5.41) is 12.2. The van der Waals surface area contributed by atoms with Gasteiger partial charge in [-0.25, -0.2) is 0 Å². The normalized spacial score (nSPS) is 17.1. The maximum atomic E-state index is 12.2. The average molecular weight is 663 g/mol. The van der Waals surface area contributed by atoms with Gasteiger partial charge in [0.05, 0.1) is 0 Å². The molecule has 50 heavy (non-hydrogen) atoms. The van der Waals surface area contributed by atoms with E-state index < -0.39 is 5.60 Å².